The third-order valence-corrected chi connectivity index (χ3v) is 5.36. The standard InChI is InChI=1S/C19H17FN2O4S/c1-26-17-10-11-18(16-5-3-2-4-15(16)17)27(24,25)21-12-19(23)22-14-8-6-13(20)7-9-14/h2-11,21H,12H2,1H3,(H,22,23). The number of carbonyl (C=O) groups is 1. The molecule has 6 nitrogen and oxygen atoms in total. The first-order valence-corrected chi connectivity index (χ1v) is 9.50. The Kier molecular flexibility index (Phi) is 5.38. The number of sulfonamides is 1. The number of hydrogen-bond donors (Lipinski definition) is 2. The van der Waals surface area contributed by atoms with Gasteiger partial charge in [0.15, 0.2) is 0 Å². The summed E-state index contributed by atoms with van der Waals surface area (Å²) in [6.45, 7) is -0.458. The van der Waals surface area contributed by atoms with E-state index in [0.29, 0.717) is 22.2 Å². The van der Waals surface area contributed by atoms with Crippen LogP contribution in [0.2, 0.25) is 0 Å². The van der Waals surface area contributed by atoms with Crippen LogP contribution < -0.4 is 14.8 Å². The molecule has 0 heterocycles. The molecule has 0 atom stereocenters. The summed E-state index contributed by atoms with van der Waals surface area (Å²) in [4.78, 5) is 12.0. The molecule has 0 aliphatic heterocycles. The molecule has 0 radical (unpaired) electrons. The number of methoxy groups -OCH3 is 1. The van der Waals surface area contributed by atoms with Crippen LogP contribution >= 0.6 is 0 Å². The lowest BCUT2D eigenvalue weighted by Gasteiger charge is -2.12. The van der Waals surface area contributed by atoms with Crippen molar-refractivity contribution in [3.8, 4) is 5.75 Å². The van der Waals surface area contributed by atoms with Crippen LogP contribution in [0, 0.1) is 5.82 Å². The van der Waals surface area contributed by atoms with E-state index in [-0.39, 0.29) is 4.90 Å². The second-order valence-corrected chi connectivity index (χ2v) is 7.43. The van der Waals surface area contributed by atoms with Gasteiger partial charge < -0.3 is 10.1 Å². The minimum absolute atomic E-state index is 0.0495. The Balaban J connectivity index is 1.78. The van der Waals surface area contributed by atoms with Gasteiger partial charge in [-0.05, 0) is 36.4 Å². The number of halogens is 1. The zero-order valence-corrected chi connectivity index (χ0v) is 15.2. The Morgan fingerprint density at radius 2 is 1.67 bits per heavy atom. The fraction of sp³-hybridized carbons (Fsp3) is 0.105. The summed E-state index contributed by atoms with van der Waals surface area (Å²) in [5.74, 6) is -0.443. The number of nitrogens with one attached hydrogen (secondary N) is 2. The average Bonchev–Trinajstić information content (AvgIpc) is 2.67. The molecule has 0 unspecified atom stereocenters. The van der Waals surface area contributed by atoms with Crippen molar-refractivity contribution in [2.45, 2.75) is 4.90 Å². The molecular weight excluding hydrogens is 371 g/mol. The van der Waals surface area contributed by atoms with Crippen molar-refractivity contribution in [1.29, 1.82) is 0 Å². The van der Waals surface area contributed by atoms with Crippen LogP contribution in [0.5, 0.6) is 5.75 Å². The third kappa shape index (κ3) is 4.24. The Morgan fingerprint density at radius 1 is 1.00 bits per heavy atom. The average molecular weight is 388 g/mol. The number of rotatable bonds is 6. The summed E-state index contributed by atoms with van der Waals surface area (Å²) in [6, 6.07) is 15.1. The number of ether oxygens (including phenoxy) is 1. The Morgan fingerprint density at radius 3 is 2.33 bits per heavy atom. The molecule has 2 N–H and O–H groups in total. The molecule has 0 saturated heterocycles. The van der Waals surface area contributed by atoms with Gasteiger partial charge in [0.25, 0.3) is 0 Å². The molecule has 0 saturated carbocycles. The number of fused-ring (bicyclic) bond motifs is 1. The van der Waals surface area contributed by atoms with E-state index in [1.54, 1.807) is 30.3 Å². The number of carbonyl (C=O) groups excluding carboxylic acids is 1. The summed E-state index contributed by atoms with van der Waals surface area (Å²) < 4.78 is 45.8. The maximum Gasteiger partial charge on any atom is 0.241 e. The molecule has 140 valence electrons. The van der Waals surface area contributed by atoms with Gasteiger partial charge in [-0.2, -0.15) is 0 Å². The molecule has 3 aromatic rings. The van der Waals surface area contributed by atoms with Crippen molar-refractivity contribution in [1.82, 2.24) is 4.72 Å². The Bertz CT molecular complexity index is 1080. The molecule has 3 rings (SSSR count). The molecule has 27 heavy (non-hydrogen) atoms. The highest BCUT2D eigenvalue weighted by Gasteiger charge is 2.20. The van der Waals surface area contributed by atoms with Crippen molar-refractivity contribution in [3.05, 3.63) is 66.5 Å². The highest BCUT2D eigenvalue weighted by atomic mass is 32.2. The number of hydrogen-bond acceptors (Lipinski definition) is 4. The van der Waals surface area contributed by atoms with Crippen LogP contribution in [0.3, 0.4) is 0 Å². The van der Waals surface area contributed by atoms with E-state index in [9.17, 15) is 17.6 Å². The van der Waals surface area contributed by atoms with Gasteiger partial charge in [0.1, 0.15) is 11.6 Å². The van der Waals surface area contributed by atoms with E-state index in [4.69, 9.17) is 4.74 Å². The van der Waals surface area contributed by atoms with Gasteiger partial charge in [-0.15, -0.1) is 0 Å². The first kappa shape index (κ1) is 18.8. The van der Waals surface area contributed by atoms with E-state index in [2.05, 4.69) is 10.0 Å². The normalized spacial score (nSPS) is 11.3. The predicted molar refractivity (Wildman–Crippen MR) is 101 cm³/mol. The van der Waals surface area contributed by atoms with E-state index in [1.807, 2.05) is 0 Å². The van der Waals surface area contributed by atoms with Gasteiger partial charge in [-0.25, -0.2) is 17.5 Å². The Hall–Kier alpha value is -2.97. The molecule has 0 aromatic heterocycles. The van der Waals surface area contributed by atoms with Crippen molar-refractivity contribution < 1.29 is 22.3 Å². The molecule has 8 heteroatoms. The van der Waals surface area contributed by atoms with Gasteiger partial charge >= 0.3 is 0 Å². The summed E-state index contributed by atoms with van der Waals surface area (Å²) in [6.07, 6.45) is 0. The first-order valence-electron chi connectivity index (χ1n) is 8.01. The smallest absolute Gasteiger partial charge is 0.241 e. The first-order chi connectivity index (χ1) is 12.9. The molecular formula is C19H17FN2O4S. The van der Waals surface area contributed by atoms with Crippen LogP contribution in [-0.4, -0.2) is 28.0 Å². The third-order valence-electron chi connectivity index (χ3n) is 3.90. The maximum absolute atomic E-state index is 12.9. The van der Waals surface area contributed by atoms with Gasteiger partial charge in [0.05, 0.1) is 18.6 Å². The second-order valence-electron chi connectivity index (χ2n) is 5.69. The van der Waals surface area contributed by atoms with Gasteiger partial charge in [-0.3, -0.25) is 4.79 Å². The topological polar surface area (TPSA) is 84.5 Å². The zero-order valence-electron chi connectivity index (χ0n) is 14.4. The largest absolute Gasteiger partial charge is 0.496 e. The van der Waals surface area contributed by atoms with E-state index in [1.165, 1.54) is 37.4 Å². The highest BCUT2D eigenvalue weighted by Crippen LogP contribution is 2.30. The lowest BCUT2D eigenvalue weighted by molar-refractivity contribution is -0.115. The van der Waals surface area contributed by atoms with Gasteiger partial charge in [0.2, 0.25) is 15.9 Å². The summed E-state index contributed by atoms with van der Waals surface area (Å²) >= 11 is 0. The maximum atomic E-state index is 12.9. The molecule has 0 bridgehead atoms. The van der Waals surface area contributed by atoms with Gasteiger partial charge in [0, 0.05) is 16.5 Å². The number of anilines is 1. The van der Waals surface area contributed by atoms with Gasteiger partial charge in [-0.1, -0.05) is 24.3 Å². The number of benzene rings is 3. The second kappa shape index (κ2) is 7.73. The minimum Gasteiger partial charge on any atom is -0.496 e. The SMILES string of the molecule is COc1ccc(S(=O)(=O)NCC(=O)Nc2ccc(F)cc2)c2ccccc12. The van der Waals surface area contributed by atoms with Crippen molar-refractivity contribution in [2.24, 2.45) is 0 Å². The van der Waals surface area contributed by atoms with E-state index >= 15 is 0 Å². The molecule has 0 spiro atoms. The Labute approximate surface area is 156 Å². The van der Waals surface area contributed by atoms with Crippen LogP contribution in [-0.2, 0) is 14.8 Å². The van der Waals surface area contributed by atoms with Crippen LogP contribution in [0.4, 0.5) is 10.1 Å². The van der Waals surface area contributed by atoms with Crippen molar-refractivity contribution in [2.75, 3.05) is 19.0 Å². The molecule has 0 aliphatic rings. The summed E-state index contributed by atoms with van der Waals surface area (Å²) in [7, 11) is -2.42. The lowest BCUT2D eigenvalue weighted by Crippen LogP contribution is -2.33. The van der Waals surface area contributed by atoms with Crippen LogP contribution in [0.1, 0.15) is 0 Å². The van der Waals surface area contributed by atoms with E-state index < -0.39 is 28.3 Å². The molecule has 0 aliphatic carbocycles. The minimum atomic E-state index is -3.93. The fourth-order valence-corrected chi connectivity index (χ4v) is 3.82. The fourth-order valence-electron chi connectivity index (χ4n) is 2.63. The van der Waals surface area contributed by atoms with Crippen LogP contribution in [0.25, 0.3) is 10.8 Å². The summed E-state index contributed by atoms with van der Waals surface area (Å²) in [5, 5.41) is 3.64. The molecule has 3 aromatic carbocycles. The predicted octanol–water partition coefficient (Wildman–Crippen LogP) is 2.90. The van der Waals surface area contributed by atoms with Crippen molar-refractivity contribution >= 4 is 32.4 Å². The lowest BCUT2D eigenvalue weighted by atomic mass is 10.1. The zero-order chi connectivity index (χ0) is 19.4. The number of amides is 1. The van der Waals surface area contributed by atoms with Crippen molar-refractivity contribution in [3.63, 3.8) is 0 Å². The molecule has 0 fully saturated rings. The highest BCUT2D eigenvalue weighted by molar-refractivity contribution is 7.89. The quantitative estimate of drug-likeness (QED) is 0.680. The van der Waals surface area contributed by atoms with Crippen LogP contribution in [0.15, 0.2) is 65.6 Å². The molecule has 1 amide bonds. The summed E-state index contributed by atoms with van der Waals surface area (Å²) in [5.41, 5.74) is 0.371. The van der Waals surface area contributed by atoms with E-state index in [0.717, 1.165) is 0 Å². The monoisotopic (exact) mass is 388 g/mol.